The summed E-state index contributed by atoms with van der Waals surface area (Å²) >= 11 is 0. The first kappa shape index (κ1) is 8.49. The van der Waals surface area contributed by atoms with Crippen molar-refractivity contribution >= 4 is 6.21 Å². The van der Waals surface area contributed by atoms with Gasteiger partial charge in [-0.15, -0.1) is 0 Å². The zero-order chi connectivity index (χ0) is 8.93. The molecule has 0 aromatic heterocycles. The second-order valence-corrected chi connectivity index (χ2v) is 3.55. The first-order chi connectivity index (χ1) is 6.45. The van der Waals surface area contributed by atoms with Crippen molar-refractivity contribution < 1.29 is 0 Å². The van der Waals surface area contributed by atoms with Crippen LogP contribution < -0.4 is 0 Å². The van der Waals surface area contributed by atoms with Crippen LogP contribution >= 0.6 is 0 Å². The van der Waals surface area contributed by atoms with E-state index in [0.29, 0.717) is 6.04 Å². The third-order valence-corrected chi connectivity index (χ3v) is 2.50. The van der Waals surface area contributed by atoms with Crippen LogP contribution in [0.25, 0.3) is 0 Å². The molecule has 2 rings (SSSR count). The lowest BCUT2D eigenvalue weighted by atomic mass is 10.2. The fraction of sp³-hybridized carbons (Fsp3) is 0.417. The Hall–Kier alpha value is -1.11. The standard InChI is InChI=1S/C12H14N/c1-2-6-11(7-3-1)10-13-12-8-4-5-9-12/h2-3,6-7,10,12H,4-5,8-9H2. The molecule has 67 valence electrons. The molecule has 0 atom stereocenters. The second-order valence-electron chi connectivity index (χ2n) is 3.55. The van der Waals surface area contributed by atoms with Gasteiger partial charge in [0.05, 0.1) is 0 Å². The molecular formula is C12H14N. The van der Waals surface area contributed by atoms with Crippen LogP contribution in [0.4, 0.5) is 0 Å². The lowest BCUT2D eigenvalue weighted by Gasteiger charge is -1.99. The Labute approximate surface area is 79.5 Å². The minimum Gasteiger partial charge on any atom is -0.289 e. The molecule has 0 aliphatic heterocycles. The van der Waals surface area contributed by atoms with Gasteiger partial charge in [0.15, 0.2) is 0 Å². The quantitative estimate of drug-likeness (QED) is 0.608. The third kappa shape index (κ3) is 2.41. The molecular weight excluding hydrogens is 158 g/mol. The van der Waals surface area contributed by atoms with Gasteiger partial charge in [-0.25, -0.2) is 0 Å². The van der Waals surface area contributed by atoms with Crippen LogP contribution in [-0.2, 0) is 0 Å². The van der Waals surface area contributed by atoms with Gasteiger partial charge in [-0.05, 0) is 24.5 Å². The van der Waals surface area contributed by atoms with E-state index < -0.39 is 0 Å². The van der Waals surface area contributed by atoms with Gasteiger partial charge in [-0.1, -0.05) is 37.1 Å². The summed E-state index contributed by atoms with van der Waals surface area (Å²) in [7, 11) is 0. The predicted octanol–water partition coefficient (Wildman–Crippen LogP) is 2.85. The van der Waals surface area contributed by atoms with Gasteiger partial charge in [0.25, 0.3) is 0 Å². The molecule has 1 heteroatoms. The first-order valence-corrected chi connectivity index (χ1v) is 4.94. The summed E-state index contributed by atoms with van der Waals surface area (Å²) in [5.74, 6) is 0. The molecule has 1 aliphatic rings. The number of hydrogen-bond acceptors (Lipinski definition) is 1. The van der Waals surface area contributed by atoms with Crippen molar-refractivity contribution in [2.75, 3.05) is 0 Å². The summed E-state index contributed by atoms with van der Waals surface area (Å²) in [6, 6.07) is 11.5. The van der Waals surface area contributed by atoms with Crippen LogP contribution in [0, 0.1) is 6.07 Å². The van der Waals surface area contributed by atoms with Crippen LogP contribution in [0.1, 0.15) is 31.2 Å². The van der Waals surface area contributed by atoms with Crippen LogP contribution in [-0.4, -0.2) is 12.3 Å². The normalized spacial score (nSPS) is 18.5. The van der Waals surface area contributed by atoms with E-state index in [-0.39, 0.29) is 0 Å². The first-order valence-electron chi connectivity index (χ1n) is 4.94. The van der Waals surface area contributed by atoms with E-state index in [4.69, 9.17) is 0 Å². The number of aliphatic imine (C=N–C) groups is 1. The number of rotatable bonds is 2. The Kier molecular flexibility index (Phi) is 2.75. The smallest absolute Gasteiger partial charge is 0.0499 e. The topological polar surface area (TPSA) is 12.4 Å². The van der Waals surface area contributed by atoms with Crippen molar-refractivity contribution in [3.8, 4) is 0 Å². The molecule has 0 spiro atoms. The summed E-state index contributed by atoms with van der Waals surface area (Å²) in [6.45, 7) is 0. The van der Waals surface area contributed by atoms with Crippen molar-refractivity contribution in [3.63, 3.8) is 0 Å². The highest BCUT2D eigenvalue weighted by molar-refractivity contribution is 5.79. The van der Waals surface area contributed by atoms with Crippen molar-refractivity contribution in [2.24, 2.45) is 4.99 Å². The molecule has 1 aliphatic carbocycles. The largest absolute Gasteiger partial charge is 0.289 e. The molecule has 1 saturated carbocycles. The lowest BCUT2D eigenvalue weighted by Crippen LogP contribution is -1.96. The maximum Gasteiger partial charge on any atom is 0.0499 e. The van der Waals surface area contributed by atoms with E-state index in [1.165, 1.54) is 31.2 Å². The summed E-state index contributed by atoms with van der Waals surface area (Å²) in [4.78, 5) is 4.55. The van der Waals surface area contributed by atoms with E-state index in [2.05, 4.69) is 11.1 Å². The van der Waals surface area contributed by atoms with Crippen LogP contribution in [0.15, 0.2) is 29.3 Å². The van der Waals surface area contributed by atoms with Gasteiger partial charge in [0.1, 0.15) is 0 Å². The summed E-state index contributed by atoms with van der Waals surface area (Å²) in [6.07, 6.45) is 7.24. The molecule has 1 nitrogen and oxygen atoms in total. The molecule has 0 bridgehead atoms. The van der Waals surface area contributed by atoms with Gasteiger partial charge in [0.2, 0.25) is 0 Å². The monoisotopic (exact) mass is 172 g/mol. The SMILES string of the molecule is [c]1ccc(C=NC2CCCC2)cc1. The van der Waals surface area contributed by atoms with Gasteiger partial charge in [-0.2, -0.15) is 0 Å². The molecule has 0 heterocycles. The highest BCUT2D eigenvalue weighted by Crippen LogP contribution is 2.20. The summed E-state index contributed by atoms with van der Waals surface area (Å²) in [5.41, 5.74) is 1.19. The Bertz CT molecular complexity index is 270. The predicted molar refractivity (Wildman–Crippen MR) is 55.1 cm³/mol. The maximum absolute atomic E-state index is 4.55. The van der Waals surface area contributed by atoms with Gasteiger partial charge < -0.3 is 0 Å². The van der Waals surface area contributed by atoms with Gasteiger partial charge in [0, 0.05) is 12.3 Å². The highest BCUT2D eigenvalue weighted by Gasteiger charge is 2.11. The van der Waals surface area contributed by atoms with Crippen LogP contribution in [0.3, 0.4) is 0 Å². The Balaban J connectivity index is 1.97. The Morgan fingerprint density at radius 1 is 1.23 bits per heavy atom. The molecule has 1 radical (unpaired) electrons. The lowest BCUT2D eigenvalue weighted by molar-refractivity contribution is 0.710. The summed E-state index contributed by atoms with van der Waals surface area (Å²) in [5, 5.41) is 0. The van der Waals surface area contributed by atoms with Crippen molar-refractivity contribution in [3.05, 3.63) is 35.9 Å². The molecule has 13 heavy (non-hydrogen) atoms. The number of nitrogens with zero attached hydrogens (tertiary/aromatic N) is 1. The van der Waals surface area contributed by atoms with E-state index >= 15 is 0 Å². The molecule has 0 unspecified atom stereocenters. The molecule has 0 saturated heterocycles. The van der Waals surface area contributed by atoms with Gasteiger partial charge in [-0.3, -0.25) is 4.99 Å². The van der Waals surface area contributed by atoms with E-state index in [1.54, 1.807) is 0 Å². The molecule has 0 amide bonds. The average molecular weight is 172 g/mol. The maximum atomic E-state index is 4.55. The third-order valence-electron chi connectivity index (χ3n) is 2.50. The Morgan fingerprint density at radius 2 is 1.92 bits per heavy atom. The molecule has 0 N–H and O–H groups in total. The minimum atomic E-state index is 0.587. The zero-order valence-electron chi connectivity index (χ0n) is 7.74. The number of benzene rings is 1. The van der Waals surface area contributed by atoms with Crippen LogP contribution in [0.2, 0.25) is 0 Å². The summed E-state index contributed by atoms with van der Waals surface area (Å²) < 4.78 is 0. The highest BCUT2D eigenvalue weighted by atomic mass is 14.8. The second kappa shape index (κ2) is 4.22. The van der Waals surface area contributed by atoms with E-state index in [1.807, 2.05) is 30.5 Å². The minimum absolute atomic E-state index is 0.587. The molecule has 1 fully saturated rings. The van der Waals surface area contributed by atoms with E-state index in [0.717, 1.165) is 0 Å². The Morgan fingerprint density at radius 3 is 2.62 bits per heavy atom. The zero-order valence-corrected chi connectivity index (χ0v) is 7.74. The fourth-order valence-electron chi connectivity index (χ4n) is 1.73. The van der Waals surface area contributed by atoms with Crippen molar-refractivity contribution in [2.45, 2.75) is 31.7 Å². The van der Waals surface area contributed by atoms with Gasteiger partial charge >= 0.3 is 0 Å². The average Bonchev–Trinajstić information content (AvgIpc) is 2.69. The fourth-order valence-corrected chi connectivity index (χ4v) is 1.73. The van der Waals surface area contributed by atoms with E-state index in [9.17, 15) is 0 Å². The molecule has 1 aromatic carbocycles. The van der Waals surface area contributed by atoms with Crippen LogP contribution in [0.5, 0.6) is 0 Å². The number of hydrogen-bond donors (Lipinski definition) is 0. The van der Waals surface area contributed by atoms with Crippen molar-refractivity contribution in [1.29, 1.82) is 0 Å². The van der Waals surface area contributed by atoms with Crippen molar-refractivity contribution in [1.82, 2.24) is 0 Å². The molecule has 1 aromatic rings.